The number of rotatable bonds is 3. The average Bonchev–Trinajstić information content (AvgIpc) is 2.66. The third-order valence-corrected chi connectivity index (χ3v) is 5.33. The van der Waals surface area contributed by atoms with Crippen LogP contribution in [0, 0.1) is 11.6 Å². The van der Waals surface area contributed by atoms with Gasteiger partial charge in [-0.3, -0.25) is 4.90 Å². The zero-order valence-corrected chi connectivity index (χ0v) is 14.9. The van der Waals surface area contributed by atoms with E-state index in [1.54, 1.807) is 4.90 Å². The summed E-state index contributed by atoms with van der Waals surface area (Å²) in [5.74, 6) is -1.14. The number of benzene rings is 2. The Kier molecular flexibility index (Phi) is 4.92. The summed E-state index contributed by atoms with van der Waals surface area (Å²) in [6, 6.07) is 13.1. The summed E-state index contributed by atoms with van der Waals surface area (Å²) in [6.07, 6.45) is 4.87. The Bertz CT molecular complexity index is 866. The summed E-state index contributed by atoms with van der Waals surface area (Å²) in [7, 11) is 0. The van der Waals surface area contributed by atoms with Crippen molar-refractivity contribution in [3.8, 4) is 0 Å². The summed E-state index contributed by atoms with van der Waals surface area (Å²) in [5, 5.41) is 0. The lowest BCUT2D eigenvalue weighted by molar-refractivity contribution is 0.0510. The fourth-order valence-electron chi connectivity index (χ4n) is 4.06. The van der Waals surface area contributed by atoms with Crippen molar-refractivity contribution in [2.45, 2.75) is 44.4 Å². The number of ether oxygens (including phenoxy) is 1. The van der Waals surface area contributed by atoms with Crippen molar-refractivity contribution in [2.75, 3.05) is 0 Å². The van der Waals surface area contributed by atoms with Gasteiger partial charge in [0.05, 0.1) is 6.04 Å². The van der Waals surface area contributed by atoms with Gasteiger partial charge in [-0.25, -0.2) is 13.6 Å². The first-order chi connectivity index (χ1) is 13.1. The molecule has 2 aromatic rings. The molecule has 2 aliphatic heterocycles. The van der Waals surface area contributed by atoms with Gasteiger partial charge in [-0.15, -0.1) is 0 Å². The molecule has 2 aliphatic rings. The molecule has 1 amide bonds. The van der Waals surface area contributed by atoms with Crippen molar-refractivity contribution in [1.29, 1.82) is 0 Å². The molecule has 1 saturated heterocycles. The standard InChI is InChI=1S/C22H21F2NO2/c23-17-9-10-20(21(24)13-17)16-11-18-7-4-8-19(12-16)25(18)22(26)27-14-15-5-2-1-3-6-15/h1-3,5-6,9-11,13,18-19H,4,7-8,12,14H2. The molecule has 3 nitrogen and oxygen atoms in total. The van der Waals surface area contributed by atoms with Crippen molar-refractivity contribution in [3.63, 3.8) is 0 Å². The SMILES string of the molecule is O=C(OCc1ccccc1)N1C2C=C(c3ccc(F)cc3F)CC1CCC2. The minimum absolute atomic E-state index is 0.0172. The molecule has 4 rings (SSSR count). The lowest BCUT2D eigenvalue weighted by Crippen LogP contribution is -2.51. The van der Waals surface area contributed by atoms with Gasteiger partial charge in [-0.2, -0.15) is 0 Å². The Balaban J connectivity index is 1.52. The van der Waals surface area contributed by atoms with Crippen LogP contribution in [0.5, 0.6) is 0 Å². The molecule has 140 valence electrons. The van der Waals surface area contributed by atoms with E-state index in [4.69, 9.17) is 4.74 Å². The molecule has 2 atom stereocenters. The topological polar surface area (TPSA) is 29.5 Å². The molecule has 0 spiro atoms. The Hall–Kier alpha value is -2.69. The van der Waals surface area contributed by atoms with Gasteiger partial charge in [0.15, 0.2) is 0 Å². The lowest BCUT2D eigenvalue weighted by Gasteiger charge is -2.44. The average molecular weight is 369 g/mol. The van der Waals surface area contributed by atoms with Gasteiger partial charge in [0.2, 0.25) is 0 Å². The molecule has 0 saturated carbocycles. The van der Waals surface area contributed by atoms with E-state index >= 15 is 0 Å². The van der Waals surface area contributed by atoms with Gasteiger partial charge in [-0.1, -0.05) is 36.4 Å². The highest BCUT2D eigenvalue weighted by atomic mass is 19.1. The molecular formula is C22H21F2NO2. The molecule has 1 fully saturated rings. The van der Waals surface area contributed by atoms with Crippen LogP contribution < -0.4 is 0 Å². The first-order valence-corrected chi connectivity index (χ1v) is 9.27. The Morgan fingerprint density at radius 2 is 1.93 bits per heavy atom. The smallest absolute Gasteiger partial charge is 0.410 e. The van der Waals surface area contributed by atoms with Crippen LogP contribution in [0.3, 0.4) is 0 Å². The quantitative estimate of drug-likeness (QED) is 0.734. The predicted octanol–water partition coefficient (Wildman–Crippen LogP) is 5.31. The highest BCUT2D eigenvalue weighted by Gasteiger charge is 2.38. The van der Waals surface area contributed by atoms with Gasteiger partial charge in [0, 0.05) is 17.7 Å². The second-order valence-electron chi connectivity index (χ2n) is 7.12. The van der Waals surface area contributed by atoms with Gasteiger partial charge in [0.1, 0.15) is 18.2 Å². The van der Waals surface area contributed by atoms with E-state index < -0.39 is 11.6 Å². The second-order valence-corrected chi connectivity index (χ2v) is 7.12. The summed E-state index contributed by atoms with van der Waals surface area (Å²) >= 11 is 0. The fourth-order valence-corrected chi connectivity index (χ4v) is 4.06. The first kappa shape index (κ1) is 17.7. The number of hydrogen-bond acceptors (Lipinski definition) is 2. The Morgan fingerprint density at radius 3 is 2.67 bits per heavy atom. The van der Waals surface area contributed by atoms with E-state index in [-0.39, 0.29) is 24.8 Å². The third-order valence-electron chi connectivity index (χ3n) is 5.33. The largest absolute Gasteiger partial charge is 0.445 e. The normalized spacial score (nSPS) is 21.6. The molecule has 0 aromatic heterocycles. The number of carbonyl (C=O) groups excluding carboxylic acids is 1. The van der Waals surface area contributed by atoms with Crippen molar-refractivity contribution < 1.29 is 18.3 Å². The number of fused-ring (bicyclic) bond motifs is 2. The number of carbonyl (C=O) groups is 1. The molecule has 0 radical (unpaired) electrons. The molecule has 2 aromatic carbocycles. The molecule has 0 aliphatic carbocycles. The zero-order valence-electron chi connectivity index (χ0n) is 14.9. The maximum Gasteiger partial charge on any atom is 0.410 e. The maximum absolute atomic E-state index is 14.2. The molecule has 0 N–H and O–H groups in total. The number of nitrogens with zero attached hydrogens (tertiary/aromatic N) is 1. The molecule has 5 heteroatoms. The summed E-state index contributed by atoms with van der Waals surface area (Å²) < 4.78 is 32.9. The molecule has 2 bridgehead atoms. The van der Waals surface area contributed by atoms with Crippen LogP contribution in [-0.2, 0) is 11.3 Å². The number of piperidine rings is 1. The third kappa shape index (κ3) is 3.72. The van der Waals surface area contributed by atoms with E-state index in [0.717, 1.165) is 36.5 Å². The van der Waals surface area contributed by atoms with Crippen LogP contribution in [0.15, 0.2) is 54.6 Å². The minimum atomic E-state index is -0.584. The summed E-state index contributed by atoms with van der Waals surface area (Å²) in [6.45, 7) is 0.235. The van der Waals surface area contributed by atoms with Crippen molar-refractivity contribution >= 4 is 11.7 Å². The van der Waals surface area contributed by atoms with Crippen molar-refractivity contribution in [2.24, 2.45) is 0 Å². The second kappa shape index (κ2) is 7.51. The highest BCUT2D eigenvalue weighted by molar-refractivity contribution is 5.74. The van der Waals surface area contributed by atoms with E-state index in [1.807, 2.05) is 36.4 Å². The molecule has 2 unspecified atom stereocenters. The fraction of sp³-hybridized carbons (Fsp3) is 0.318. The van der Waals surface area contributed by atoms with Gasteiger partial charge in [0.25, 0.3) is 0 Å². The monoisotopic (exact) mass is 369 g/mol. The lowest BCUT2D eigenvalue weighted by atomic mass is 9.83. The van der Waals surface area contributed by atoms with Gasteiger partial charge in [-0.05, 0) is 49.0 Å². The first-order valence-electron chi connectivity index (χ1n) is 9.27. The van der Waals surface area contributed by atoms with Gasteiger partial charge >= 0.3 is 6.09 Å². The number of hydrogen-bond donors (Lipinski definition) is 0. The van der Waals surface area contributed by atoms with Gasteiger partial charge < -0.3 is 4.74 Å². The minimum Gasteiger partial charge on any atom is -0.445 e. The Morgan fingerprint density at radius 1 is 1.11 bits per heavy atom. The predicted molar refractivity (Wildman–Crippen MR) is 98.8 cm³/mol. The number of halogens is 2. The Labute approximate surface area is 157 Å². The molecule has 27 heavy (non-hydrogen) atoms. The van der Waals surface area contributed by atoms with Crippen molar-refractivity contribution in [3.05, 3.63) is 77.4 Å². The molecular weight excluding hydrogens is 348 g/mol. The van der Waals surface area contributed by atoms with Crippen LogP contribution in [0.2, 0.25) is 0 Å². The van der Waals surface area contributed by atoms with Crippen LogP contribution in [0.1, 0.15) is 36.8 Å². The van der Waals surface area contributed by atoms with E-state index in [1.165, 1.54) is 12.1 Å². The zero-order chi connectivity index (χ0) is 18.8. The van der Waals surface area contributed by atoms with E-state index in [0.29, 0.717) is 12.0 Å². The van der Waals surface area contributed by atoms with Crippen LogP contribution in [0.4, 0.5) is 13.6 Å². The van der Waals surface area contributed by atoms with E-state index in [9.17, 15) is 13.6 Å². The number of amides is 1. The van der Waals surface area contributed by atoms with Crippen LogP contribution in [-0.4, -0.2) is 23.1 Å². The van der Waals surface area contributed by atoms with E-state index in [2.05, 4.69) is 0 Å². The summed E-state index contributed by atoms with van der Waals surface area (Å²) in [4.78, 5) is 14.5. The highest BCUT2D eigenvalue weighted by Crippen LogP contribution is 2.38. The van der Waals surface area contributed by atoms with Crippen molar-refractivity contribution in [1.82, 2.24) is 4.90 Å². The maximum atomic E-state index is 14.2. The van der Waals surface area contributed by atoms with Crippen LogP contribution >= 0.6 is 0 Å². The molecule has 2 heterocycles. The summed E-state index contributed by atoms with van der Waals surface area (Å²) in [5.41, 5.74) is 2.21. The van der Waals surface area contributed by atoms with Crippen LogP contribution in [0.25, 0.3) is 5.57 Å².